The molecule has 0 N–H and O–H groups in total. The SMILES string of the molecule is CC1(C)CCN(CC(C#N)c2ccccc2)C1. The van der Waals surface area contributed by atoms with Gasteiger partial charge < -0.3 is 4.90 Å². The highest BCUT2D eigenvalue weighted by Gasteiger charge is 2.30. The third kappa shape index (κ3) is 3.08. The first-order valence-electron chi connectivity index (χ1n) is 6.28. The van der Waals surface area contributed by atoms with Gasteiger partial charge in [0.1, 0.15) is 0 Å². The van der Waals surface area contributed by atoms with Gasteiger partial charge in [-0.05, 0) is 23.9 Å². The van der Waals surface area contributed by atoms with E-state index in [1.165, 1.54) is 6.42 Å². The van der Waals surface area contributed by atoms with Gasteiger partial charge in [0.05, 0.1) is 12.0 Å². The fraction of sp³-hybridized carbons (Fsp3) is 0.533. The van der Waals surface area contributed by atoms with Crippen LogP contribution in [0.1, 0.15) is 31.7 Å². The average Bonchev–Trinajstić information content (AvgIpc) is 2.67. The quantitative estimate of drug-likeness (QED) is 0.795. The predicted molar refractivity (Wildman–Crippen MR) is 69.6 cm³/mol. The van der Waals surface area contributed by atoms with E-state index in [-0.39, 0.29) is 5.92 Å². The monoisotopic (exact) mass is 228 g/mol. The lowest BCUT2D eigenvalue weighted by Crippen LogP contribution is -2.27. The van der Waals surface area contributed by atoms with Crippen LogP contribution in [0.4, 0.5) is 0 Å². The maximum Gasteiger partial charge on any atom is 0.0839 e. The molecule has 1 fully saturated rings. The molecule has 1 saturated heterocycles. The minimum atomic E-state index is 0.00472. The molecule has 1 aliphatic heterocycles. The lowest BCUT2D eigenvalue weighted by atomic mass is 9.93. The zero-order chi connectivity index (χ0) is 12.3. The second kappa shape index (κ2) is 4.89. The van der Waals surface area contributed by atoms with Crippen LogP contribution in [-0.4, -0.2) is 24.5 Å². The minimum absolute atomic E-state index is 0.00472. The number of nitriles is 1. The Hall–Kier alpha value is -1.33. The Morgan fingerprint density at radius 1 is 1.35 bits per heavy atom. The highest BCUT2D eigenvalue weighted by molar-refractivity contribution is 5.25. The van der Waals surface area contributed by atoms with Crippen LogP contribution in [-0.2, 0) is 0 Å². The smallest absolute Gasteiger partial charge is 0.0839 e. The summed E-state index contributed by atoms with van der Waals surface area (Å²) >= 11 is 0. The van der Waals surface area contributed by atoms with Crippen LogP contribution in [0, 0.1) is 16.7 Å². The normalized spacial score (nSPS) is 21.0. The maximum absolute atomic E-state index is 9.29. The van der Waals surface area contributed by atoms with Crippen molar-refractivity contribution in [2.24, 2.45) is 5.41 Å². The first-order chi connectivity index (χ1) is 8.11. The molecule has 1 aliphatic rings. The van der Waals surface area contributed by atoms with Crippen molar-refractivity contribution in [1.29, 1.82) is 5.26 Å². The number of nitrogens with zero attached hydrogens (tertiary/aromatic N) is 2. The lowest BCUT2D eigenvalue weighted by Gasteiger charge is -2.21. The van der Waals surface area contributed by atoms with Gasteiger partial charge in [0.15, 0.2) is 0 Å². The van der Waals surface area contributed by atoms with Crippen molar-refractivity contribution < 1.29 is 0 Å². The number of likely N-dealkylation sites (tertiary alicyclic amines) is 1. The van der Waals surface area contributed by atoms with Crippen LogP contribution in [0.3, 0.4) is 0 Å². The van der Waals surface area contributed by atoms with Gasteiger partial charge in [0.25, 0.3) is 0 Å². The molecule has 0 radical (unpaired) electrons. The highest BCUT2D eigenvalue weighted by atomic mass is 15.2. The summed E-state index contributed by atoms with van der Waals surface area (Å²) in [5, 5.41) is 9.29. The zero-order valence-corrected chi connectivity index (χ0v) is 10.7. The van der Waals surface area contributed by atoms with Crippen molar-refractivity contribution in [3.8, 4) is 6.07 Å². The Labute approximate surface area is 104 Å². The number of rotatable bonds is 3. The molecule has 1 unspecified atom stereocenters. The Kier molecular flexibility index (Phi) is 3.49. The molecule has 0 saturated carbocycles. The van der Waals surface area contributed by atoms with Crippen molar-refractivity contribution in [3.05, 3.63) is 35.9 Å². The van der Waals surface area contributed by atoms with E-state index in [1.54, 1.807) is 0 Å². The average molecular weight is 228 g/mol. The van der Waals surface area contributed by atoms with Crippen LogP contribution in [0.25, 0.3) is 0 Å². The van der Waals surface area contributed by atoms with Gasteiger partial charge in [0, 0.05) is 13.1 Å². The molecule has 1 aromatic rings. The molecule has 1 aromatic carbocycles. The summed E-state index contributed by atoms with van der Waals surface area (Å²) in [5.74, 6) is 0.00472. The maximum atomic E-state index is 9.29. The van der Waals surface area contributed by atoms with Crippen LogP contribution >= 0.6 is 0 Å². The number of benzene rings is 1. The second-order valence-electron chi connectivity index (χ2n) is 5.74. The molecule has 0 aromatic heterocycles. The molecule has 2 nitrogen and oxygen atoms in total. The summed E-state index contributed by atoms with van der Waals surface area (Å²) in [7, 11) is 0. The second-order valence-corrected chi connectivity index (χ2v) is 5.74. The number of hydrogen-bond acceptors (Lipinski definition) is 2. The summed E-state index contributed by atoms with van der Waals surface area (Å²) in [6.45, 7) is 7.70. The van der Waals surface area contributed by atoms with E-state index in [2.05, 4.69) is 36.9 Å². The Bertz CT molecular complexity index is 403. The number of hydrogen-bond donors (Lipinski definition) is 0. The molecule has 1 atom stereocenters. The first-order valence-corrected chi connectivity index (χ1v) is 6.28. The molecule has 1 heterocycles. The van der Waals surface area contributed by atoms with Crippen LogP contribution in [0.2, 0.25) is 0 Å². The van der Waals surface area contributed by atoms with Crippen molar-refractivity contribution >= 4 is 0 Å². The van der Waals surface area contributed by atoms with Crippen LogP contribution < -0.4 is 0 Å². The highest BCUT2D eigenvalue weighted by Crippen LogP contribution is 2.30. The van der Waals surface area contributed by atoms with Crippen molar-refractivity contribution in [3.63, 3.8) is 0 Å². The Morgan fingerprint density at radius 2 is 2.06 bits per heavy atom. The van der Waals surface area contributed by atoms with E-state index in [4.69, 9.17) is 0 Å². The molecule has 0 amide bonds. The van der Waals surface area contributed by atoms with E-state index < -0.39 is 0 Å². The largest absolute Gasteiger partial charge is 0.301 e. The summed E-state index contributed by atoms with van der Waals surface area (Å²) in [6.07, 6.45) is 1.24. The molecule has 2 rings (SSSR count). The molecule has 0 bridgehead atoms. The van der Waals surface area contributed by atoms with Gasteiger partial charge in [-0.15, -0.1) is 0 Å². The van der Waals surface area contributed by atoms with Crippen LogP contribution in [0.5, 0.6) is 0 Å². The van der Waals surface area contributed by atoms with Gasteiger partial charge in [-0.25, -0.2) is 0 Å². The molecule has 0 spiro atoms. The third-order valence-electron chi connectivity index (χ3n) is 3.55. The van der Waals surface area contributed by atoms with Gasteiger partial charge in [-0.3, -0.25) is 0 Å². The summed E-state index contributed by atoms with van der Waals surface area (Å²) in [6, 6.07) is 12.5. The van der Waals surface area contributed by atoms with Crippen LogP contribution in [0.15, 0.2) is 30.3 Å². The van der Waals surface area contributed by atoms with Gasteiger partial charge >= 0.3 is 0 Å². The van der Waals surface area contributed by atoms with E-state index in [1.807, 2.05) is 18.2 Å². The third-order valence-corrected chi connectivity index (χ3v) is 3.55. The fourth-order valence-corrected chi connectivity index (χ4v) is 2.54. The lowest BCUT2D eigenvalue weighted by molar-refractivity contribution is 0.286. The van der Waals surface area contributed by atoms with Crippen molar-refractivity contribution in [2.45, 2.75) is 26.2 Å². The first kappa shape index (κ1) is 12.1. The fourth-order valence-electron chi connectivity index (χ4n) is 2.54. The summed E-state index contributed by atoms with van der Waals surface area (Å²) in [5.41, 5.74) is 1.55. The predicted octanol–water partition coefficient (Wildman–Crippen LogP) is 3.03. The van der Waals surface area contributed by atoms with Crippen molar-refractivity contribution in [2.75, 3.05) is 19.6 Å². The van der Waals surface area contributed by atoms with E-state index in [0.717, 1.165) is 25.2 Å². The van der Waals surface area contributed by atoms with Crippen molar-refractivity contribution in [1.82, 2.24) is 4.90 Å². The summed E-state index contributed by atoms with van der Waals surface area (Å²) in [4.78, 5) is 2.42. The van der Waals surface area contributed by atoms with E-state index in [0.29, 0.717) is 5.41 Å². The molecule has 2 heteroatoms. The molecule has 0 aliphatic carbocycles. The minimum Gasteiger partial charge on any atom is -0.301 e. The van der Waals surface area contributed by atoms with E-state index >= 15 is 0 Å². The van der Waals surface area contributed by atoms with E-state index in [9.17, 15) is 5.26 Å². The van der Waals surface area contributed by atoms with Gasteiger partial charge in [-0.1, -0.05) is 44.2 Å². The van der Waals surface area contributed by atoms with Gasteiger partial charge in [0.2, 0.25) is 0 Å². The standard InChI is InChI=1S/C15H20N2/c1-15(2)8-9-17(12-15)11-14(10-16)13-6-4-3-5-7-13/h3-7,14H,8-9,11-12H2,1-2H3. The topological polar surface area (TPSA) is 27.0 Å². The zero-order valence-electron chi connectivity index (χ0n) is 10.7. The molecular weight excluding hydrogens is 208 g/mol. The molecule has 90 valence electrons. The Morgan fingerprint density at radius 3 is 2.59 bits per heavy atom. The van der Waals surface area contributed by atoms with Gasteiger partial charge in [-0.2, -0.15) is 5.26 Å². The summed E-state index contributed by atoms with van der Waals surface area (Å²) < 4.78 is 0. The Balaban J connectivity index is 2.01. The molecule has 17 heavy (non-hydrogen) atoms. The molecular formula is C15H20N2.